The molecule has 1 heterocycles. The van der Waals surface area contributed by atoms with Crippen molar-refractivity contribution in [3.8, 4) is 5.75 Å². The fourth-order valence-corrected chi connectivity index (χ4v) is 3.85. The van der Waals surface area contributed by atoms with E-state index >= 15 is 0 Å². The van der Waals surface area contributed by atoms with Crippen LogP contribution in [0.3, 0.4) is 0 Å². The SMILES string of the molecule is CCn1c(COc2ccc(C(C)C)cc2)nnc1SCC(=O)Nc1ccc(F)c(Cl)c1. The van der Waals surface area contributed by atoms with E-state index in [0.29, 0.717) is 29.1 Å². The molecular weight excluding hydrogens is 439 g/mol. The number of hydrogen-bond acceptors (Lipinski definition) is 5. The van der Waals surface area contributed by atoms with Gasteiger partial charge in [-0.3, -0.25) is 4.79 Å². The van der Waals surface area contributed by atoms with Gasteiger partial charge in [-0.2, -0.15) is 0 Å². The molecule has 3 rings (SSSR count). The molecule has 0 saturated heterocycles. The number of carbonyl (C=O) groups is 1. The number of hydrogen-bond donors (Lipinski definition) is 1. The topological polar surface area (TPSA) is 69.0 Å². The minimum Gasteiger partial charge on any atom is -0.486 e. The normalized spacial score (nSPS) is 11.0. The van der Waals surface area contributed by atoms with E-state index in [9.17, 15) is 9.18 Å². The van der Waals surface area contributed by atoms with Crippen LogP contribution < -0.4 is 10.1 Å². The number of benzene rings is 2. The lowest BCUT2D eigenvalue weighted by atomic mass is 10.0. The van der Waals surface area contributed by atoms with Crippen molar-refractivity contribution in [1.82, 2.24) is 14.8 Å². The summed E-state index contributed by atoms with van der Waals surface area (Å²) in [5.74, 6) is 1.27. The van der Waals surface area contributed by atoms with Gasteiger partial charge in [0.1, 0.15) is 18.2 Å². The number of nitrogens with one attached hydrogen (secondary N) is 1. The Kier molecular flexibility index (Phi) is 7.92. The summed E-state index contributed by atoms with van der Waals surface area (Å²) in [6.45, 7) is 7.20. The van der Waals surface area contributed by atoms with Gasteiger partial charge in [0, 0.05) is 12.2 Å². The van der Waals surface area contributed by atoms with E-state index in [-0.39, 0.29) is 23.3 Å². The Labute approximate surface area is 190 Å². The molecule has 0 aliphatic heterocycles. The van der Waals surface area contributed by atoms with Crippen molar-refractivity contribution in [2.75, 3.05) is 11.1 Å². The number of carbonyl (C=O) groups excluding carboxylic acids is 1. The third-order valence-corrected chi connectivity index (χ3v) is 5.82. The quantitative estimate of drug-likeness (QED) is 0.424. The Balaban J connectivity index is 1.56. The van der Waals surface area contributed by atoms with Crippen LogP contribution in [-0.2, 0) is 17.9 Å². The first-order chi connectivity index (χ1) is 14.9. The van der Waals surface area contributed by atoms with Gasteiger partial charge in [-0.1, -0.05) is 49.3 Å². The maximum atomic E-state index is 13.2. The lowest BCUT2D eigenvalue weighted by molar-refractivity contribution is -0.113. The molecule has 31 heavy (non-hydrogen) atoms. The molecule has 1 aromatic heterocycles. The Bertz CT molecular complexity index is 1040. The van der Waals surface area contributed by atoms with Crippen LogP contribution in [0.1, 0.15) is 38.1 Å². The molecule has 6 nitrogen and oxygen atoms in total. The molecule has 0 bridgehead atoms. The van der Waals surface area contributed by atoms with Crippen LogP contribution in [0.5, 0.6) is 5.75 Å². The lowest BCUT2D eigenvalue weighted by Crippen LogP contribution is -2.15. The van der Waals surface area contributed by atoms with Crippen LogP contribution >= 0.6 is 23.4 Å². The van der Waals surface area contributed by atoms with Crippen LogP contribution in [0, 0.1) is 5.82 Å². The fraction of sp³-hybridized carbons (Fsp3) is 0.318. The molecule has 9 heteroatoms. The molecule has 0 unspecified atom stereocenters. The van der Waals surface area contributed by atoms with E-state index in [2.05, 4.69) is 41.5 Å². The van der Waals surface area contributed by atoms with Crippen LogP contribution in [-0.4, -0.2) is 26.4 Å². The third-order valence-electron chi connectivity index (χ3n) is 4.56. The second kappa shape index (κ2) is 10.6. The van der Waals surface area contributed by atoms with E-state index in [0.717, 1.165) is 5.75 Å². The van der Waals surface area contributed by atoms with Gasteiger partial charge in [-0.05, 0) is 48.7 Å². The van der Waals surface area contributed by atoms with E-state index in [4.69, 9.17) is 16.3 Å². The molecule has 2 aromatic carbocycles. The van der Waals surface area contributed by atoms with Crippen molar-refractivity contribution < 1.29 is 13.9 Å². The van der Waals surface area contributed by atoms with Crippen LogP contribution in [0.2, 0.25) is 5.02 Å². The first kappa shape index (κ1) is 23.1. The van der Waals surface area contributed by atoms with Gasteiger partial charge in [0.15, 0.2) is 11.0 Å². The predicted molar refractivity (Wildman–Crippen MR) is 121 cm³/mol. The summed E-state index contributed by atoms with van der Waals surface area (Å²) in [5, 5.41) is 11.7. The molecule has 0 atom stereocenters. The zero-order chi connectivity index (χ0) is 22.4. The maximum Gasteiger partial charge on any atom is 0.234 e. The van der Waals surface area contributed by atoms with Crippen LogP contribution in [0.4, 0.5) is 10.1 Å². The third kappa shape index (κ3) is 6.21. The van der Waals surface area contributed by atoms with Crippen molar-refractivity contribution in [2.45, 2.75) is 45.0 Å². The fourth-order valence-electron chi connectivity index (χ4n) is 2.85. The second-order valence-corrected chi connectivity index (χ2v) is 8.47. The van der Waals surface area contributed by atoms with Gasteiger partial charge in [-0.25, -0.2) is 4.39 Å². The minimum absolute atomic E-state index is 0.0420. The van der Waals surface area contributed by atoms with E-state index in [1.807, 2.05) is 23.6 Å². The summed E-state index contributed by atoms with van der Waals surface area (Å²) in [4.78, 5) is 12.2. The van der Waals surface area contributed by atoms with E-state index < -0.39 is 5.82 Å². The highest BCUT2D eigenvalue weighted by Crippen LogP contribution is 2.22. The number of anilines is 1. The molecule has 0 spiro atoms. The molecule has 0 fully saturated rings. The summed E-state index contributed by atoms with van der Waals surface area (Å²) in [7, 11) is 0. The number of ether oxygens (including phenoxy) is 1. The standard InChI is InChI=1S/C22H24ClFN4O2S/c1-4-28-20(12-30-17-8-5-15(6-9-17)14(2)3)26-27-22(28)31-13-21(29)25-16-7-10-19(24)18(23)11-16/h5-11,14H,4,12-13H2,1-3H3,(H,25,29). The first-order valence-corrected chi connectivity index (χ1v) is 11.3. The number of halogens is 2. The molecule has 3 aromatic rings. The summed E-state index contributed by atoms with van der Waals surface area (Å²) >= 11 is 7.01. The molecule has 1 N–H and O–H groups in total. The molecule has 0 aliphatic rings. The number of rotatable bonds is 9. The second-order valence-electron chi connectivity index (χ2n) is 7.12. The highest BCUT2D eigenvalue weighted by molar-refractivity contribution is 7.99. The molecule has 1 amide bonds. The number of amides is 1. The average molecular weight is 463 g/mol. The Morgan fingerprint density at radius 3 is 2.61 bits per heavy atom. The highest BCUT2D eigenvalue weighted by Gasteiger charge is 2.14. The van der Waals surface area contributed by atoms with E-state index in [1.54, 1.807) is 0 Å². The summed E-state index contributed by atoms with van der Waals surface area (Å²) in [6.07, 6.45) is 0. The molecule has 0 aliphatic carbocycles. The van der Waals surface area contributed by atoms with Crippen molar-refractivity contribution >= 4 is 35.0 Å². The summed E-state index contributed by atoms with van der Waals surface area (Å²) < 4.78 is 21.0. The molecule has 0 saturated carbocycles. The first-order valence-electron chi connectivity index (χ1n) is 9.90. The van der Waals surface area contributed by atoms with Crippen molar-refractivity contribution in [3.63, 3.8) is 0 Å². The van der Waals surface area contributed by atoms with Crippen LogP contribution in [0.15, 0.2) is 47.6 Å². The number of nitrogens with zero attached hydrogens (tertiary/aromatic N) is 3. The molecule has 0 radical (unpaired) electrons. The highest BCUT2D eigenvalue weighted by atomic mass is 35.5. The lowest BCUT2D eigenvalue weighted by Gasteiger charge is -2.10. The monoisotopic (exact) mass is 462 g/mol. The zero-order valence-corrected chi connectivity index (χ0v) is 19.1. The molecule has 164 valence electrons. The number of aromatic nitrogens is 3. The van der Waals surface area contributed by atoms with Crippen LogP contribution in [0.25, 0.3) is 0 Å². The average Bonchev–Trinajstić information content (AvgIpc) is 3.15. The molecular formula is C22H24ClFN4O2S. The van der Waals surface area contributed by atoms with Gasteiger partial charge >= 0.3 is 0 Å². The van der Waals surface area contributed by atoms with Gasteiger partial charge in [0.05, 0.1) is 10.8 Å². The van der Waals surface area contributed by atoms with Gasteiger partial charge < -0.3 is 14.6 Å². The van der Waals surface area contributed by atoms with Crippen molar-refractivity contribution in [2.24, 2.45) is 0 Å². The maximum absolute atomic E-state index is 13.2. The zero-order valence-electron chi connectivity index (χ0n) is 17.6. The van der Waals surface area contributed by atoms with E-state index in [1.165, 1.54) is 35.5 Å². The smallest absolute Gasteiger partial charge is 0.234 e. The largest absolute Gasteiger partial charge is 0.486 e. The minimum atomic E-state index is -0.532. The van der Waals surface area contributed by atoms with Crippen molar-refractivity contribution in [3.05, 3.63) is 64.7 Å². The Morgan fingerprint density at radius 1 is 1.23 bits per heavy atom. The Hall–Kier alpha value is -2.58. The van der Waals surface area contributed by atoms with Crippen molar-refractivity contribution in [1.29, 1.82) is 0 Å². The van der Waals surface area contributed by atoms with Gasteiger partial charge in [-0.15, -0.1) is 10.2 Å². The predicted octanol–water partition coefficient (Wildman–Crippen LogP) is 5.52. The summed E-state index contributed by atoms with van der Waals surface area (Å²) in [6, 6.07) is 12.0. The summed E-state index contributed by atoms with van der Waals surface area (Å²) in [5.41, 5.74) is 1.69. The number of thioether (sulfide) groups is 1. The Morgan fingerprint density at radius 2 is 1.97 bits per heavy atom. The van der Waals surface area contributed by atoms with Gasteiger partial charge in [0.25, 0.3) is 0 Å². The van der Waals surface area contributed by atoms with Gasteiger partial charge in [0.2, 0.25) is 5.91 Å².